The number of hydrogen-bond donors (Lipinski definition) is 1. The number of alkyl carbamates (subject to hydrolysis) is 1. The fourth-order valence-electron chi connectivity index (χ4n) is 2.09. The van der Waals surface area contributed by atoms with Crippen LogP contribution in [0.25, 0.3) is 5.69 Å². The molecule has 0 bridgehead atoms. The average Bonchev–Trinajstić information content (AvgIpc) is 2.94. The highest BCUT2D eigenvalue weighted by atomic mass is 16.6. The van der Waals surface area contributed by atoms with E-state index in [1.165, 1.54) is 0 Å². The summed E-state index contributed by atoms with van der Waals surface area (Å²) >= 11 is 0. The maximum absolute atomic E-state index is 11.6. The van der Waals surface area contributed by atoms with Gasteiger partial charge < -0.3 is 19.4 Å². The molecule has 124 valence electrons. The molecule has 0 radical (unpaired) electrons. The number of rotatable bonds is 5. The van der Waals surface area contributed by atoms with Gasteiger partial charge in [0, 0.05) is 30.5 Å². The first-order chi connectivity index (χ1) is 10.9. The van der Waals surface area contributed by atoms with Crippen molar-refractivity contribution < 1.29 is 14.3 Å². The molecule has 1 amide bonds. The van der Waals surface area contributed by atoms with Crippen molar-refractivity contribution in [1.82, 2.24) is 14.9 Å². The number of amides is 1. The Kier molecular flexibility index (Phi) is 5.26. The van der Waals surface area contributed by atoms with Crippen LogP contribution in [0.5, 0.6) is 5.75 Å². The molecule has 0 aliphatic carbocycles. The fourth-order valence-corrected chi connectivity index (χ4v) is 2.09. The lowest BCUT2D eigenvalue weighted by Crippen LogP contribution is -2.33. The molecular formula is C17H23N3O3. The Morgan fingerprint density at radius 3 is 2.57 bits per heavy atom. The topological polar surface area (TPSA) is 65.4 Å². The number of nitrogens with one attached hydrogen (secondary N) is 1. The van der Waals surface area contributed by atoms with Crippen molar-refractivity contribution in [3.05, 3.63) is 42.5 Å². The Balaban J connectivity index is 1.94. The number of hydrogen-bond acceptors (Lipinski definition) is 4. The first-order valence-corrected chi connectivity index (χ1v) is 7.51. The summed E-state index contributed by atoms with van der Waals surface area (Å²) in [6, 6.07) is 7.73. The number of carbonyl (C=O) groups excluding carboxylic acids is 1. The van der Waals surface area contributed by atoms with Crippen LogP contribution < -0.4 is 10.1 Å². The summed E-state index contributed by atoms with van der Waals surface area (Å²) in [5, 5.41) is 2.75. The van der Waals surface area contributed by atoms with Crippen molar-refractivity contribution in [2.24, 2.45) is 0 Å². The second-order valence-electron chi connectivity index (χ2n) is 6.13. The third-order valence-electron chi connectivity index (χ3n) is 3.12. The first kappa shape index (κ1) is 16.9. The predicted octanol–water partition coefficient (Wildman–Crippen LogP) is 2.95. The lowest BCUT2D eigenvalue weighted by molar-refractivity contribution is 0.0528. The van der Waals surface area contributed by atoms with Crippen LogP contribution in [0.2, 0.25) is 0 Å². The average molecular weight is 317 g/mol. The molecule has 2 aromatic rings. The minimum atomic E-state index is -0.491. The Morgan fingerprint density at radius 1 is 1.26 bits per heavy atom. The SMILES string of the molecule is COc1ccc(-n2cncc2CCNC(=O)OC(C)(C)C)cc1. The summed E-state index contributed by atoms with van der Waals surface area (Å²) in [4.78, 5) is 15.8. The van der Waals surface area contributed by atoms with E-state index < -0.39 is 11.7 Å². The minimum Gasteiger partial charge on any atom is -0.497 e. The van der Waals surface area contributed by atoms with E-state index in [0.717, 1.165) is 17.1 Å². The van der Waals surface area contributed by atoms with Crippen molar-refractivity contribution in [2.75, 3.05) is 13.7 Å². The Morgan fingerprint density at radius 2 is 1.96 bits per heavy atom. The number of ether oxygens (including phenoxy) is 2. The smallest absolute Gasteiger partial charge is 0.407 e. The molecule has 0 unspecified atom stereocenters. The van der Waals surface area contributed by atoms with Gasteiger partial charge in [-0.3, -0.25) is 0 Å². The highest BCUT2D eigenvalue weighted by Crippen LogP contribution is 2.16. The second kappa shape index (κ2) is 7.17. The van der Waals surface area contributed by atoms with E-state index in [4.69, 9.17) is 9.47 Å². The third-order valence-corrected chi connectivity index (χ3v) is 3.12. The van der Waals surface area contributed by atoms with Gasteiger partial charge in [-0.25, -0.2) is 9.78 Å². The number of methoxy groups -OCH3 is 1. The van der Waals surface area contributed by atoms with Crippen LogP contribution in [-0.2, 0) is 11.2 Å². The van der Waals surface area contributed by atoms with Crippen LogP contribution in [0, 0.1) is 0 Å². The van der Waals surface area contributed by atoms with E-state index in [9.17, 15) is 4.79 Å². The van der Waals surface area contributed by atoms with Crippen LogP contribution in [0.4, 0.5) is 4.79 Å². The largest absolute Gasteiger partial charge is 0.497 e. The van der Waals surface area contributed by atoms with Gasteiger partial charge in [0.05, 0.1) is 13.4 Å². The molecule has 1 N–H and O–H groups in total. The van der Waals surface area contributed by atoms with E-state index >= 15 is 0 Å². The molecule has 0 aliphatic heterocycles. The van der Waals surface area contributed by atoms with Gasteiger partial charge in [0.25, 0.3) is 0 Å². The van der Waals surface area contributed by atoms with Crippen LogP contribution in [0.15, 0.2) is 36.8 Å². The highest BCUT2D eigenvalue weighted by molar-refractivity contribution is 5.67. The number of imidazole rings is 1. The molecule has 0 aliphatic rings. The molecule has 0 saturated carbocycles. The van der Waals surface area contributed by atoms with Crippen LogP contribution in [-0.4, -0.2) is 34.9 Å². The molecule has 0 atom stereocenters. The Bertz CT molecular complexity index is 642. The lowest BCUT2D eigenvalue weighted by atomic mass is 10.2. The standard InChI is InChI=1S/C17H23N3O3/c1-17(2,3)23-16(21)19-10-9-14-11-18-12-20(14)13-5-7-15(22-4)8-6-13/h5-8,11-12H,9-10H2,1-4H3,(H,19,21). The molecule has 1 heterocycles. The Hall–Kier alpha value is -2.50. The number of aromatic nitrogens is 2. The monoisotopic (exact) mass is 317 g/mol. The summed E-state index contributed by atoms with van der Waals surface area (Å²) in [5.74, 6) is 0.807. The van der Waals surface area contributed by atoms with Crippen molar-refractivity contribution in [1.29, 1.82) is 0 Å². The number of nitrogens with zero attached hydrogens (tertiary/aromatic N) is 2. The zero-order valence-electron chi connectivity index (χ0n) is 14.0. The van der Waals surface area contributed by atoms with Crippen molar-refractivity contribution in [3.63, 3.8) is 0 Å². The summed E-state index contributed by atoms with van der Waals surface area (Å²) in [6.07, 6.45) is 3.80. The summed E-state index contributed by atoms with van der Waals surface area (Å²) in [5.41, 5.74) is 1.51. The van der Waals surface area contributed by atoms with E-state index in [1.807, 2.05) is 49.6 Å². The number of benzene rings is 1. The molecular weight excluding hydrogens is 294 g/mol. The zero-order chi connectivity index (χ0) is 16.9. The van der Waals surface area contributed by atoms with E-state index in [1.54, 1.807) is 19.6 Å². The summed E-state index contributed by atoms with van der Waals surface area (Å²) in [6.45, 7) is 6.00. The van der Waals surface area contributed by atoms with Crippen LogP contribution in [0.3, 0.4) is 0 Å². The van der Waals surface area contributed by atoms with Crippen molar-refractivity contribution in [3.8, 4) is 11.4 Å². The van der Waals surface area contributed by atoms with Gasteiger partial charge in [-0.1, -0.05) is 0 Å². The maximum Gasteiger partial charge on any atom is 0.407 e. The predicted molar refractivity (Wildman–Crippen MR) is 88.1 cm³/mol. The number of carbonyl (C=O) groups is 1. The van der Waals surface area contributed by atoms with Gasteiger partial charge in [0.1, 0.15) is 11.4 Å². The van der Waals surface area contributed by atoms with Crippen molar-refractivity contribution >= 4 is 6.09 Å². The van der Waals surface area contributed by atoms with Gasteiger partial charge in [-0.05, 0) is 45.0 Å². The quantitative estimate of drug-likeness (QED) is 0.921. The maximum atomic E-state index is 11.6. The fraction of sp³-hybridized carbons (Fsp3) is 0.412. The van der Waals surface area contributed by atoms with Crippen LogP contribution >= 0.6 is 0 Å². The molecule has 6 nitrogen and oxygen atoms in total. The third kappa shape index (κ3) is 5.02. The van der Waals surface area contributed by atoms with E-state index in [2.05, 4.69) is 10.3 Å². The molecule has 23 heavy (non-hydrogen) atoms. The van der Waals surface area contributed by atoms with Gasteiger partial charge in [0.2, 0.25) is 0 Å². The lowest BCUT2D eigenvalue weighted by Gasteiger charge is -2.19. The van der Waals surface area contributed by atoms with Crippen LogP contribution in [0.1, 0.15) is 26.5 Å². The van der Waals surface area contributed by atoms with E-state index in [-0.39, 0.29) is 0 Å². The minimum absolute atomic E-state index is 0.409. The molecule has 0 saturated heterocycles. The molecule has 0 spiro atoms. The molecule has 6 heteroatoms. The summed E-state index contributed by atoms with van der Waals surface area (Å²) in [7, 11) is 1.64. The summed E-state index contributed by atoms with van der Waals surface area (Å²) < 4.78 is 12.4. The normalized spacial score (nSPS) is 11.1. The van der Waals surface area contributed by atoms with Gasteiger partial charge in [-0.2, -0.15) is 0 Å². The van der Waals surface area contributed by atoms with Gasteiger partial charge in [-0.15, -0.1) is 0 Å². The van der Waals surface area contributed by atoms with Gasteiger partial charge in [0.15, 0.2) is 0 Å². The molecule has 0 fully saturated rings. The van der Waals surface area contributed by atoms with Gasteiger partial charge >= 0.3 is 6.09 Å². The zero-order valence-corrected chi connectivity index (χ0v) is 14.0. The highest BCUT2D eigenvalue weighted by Gasteiger charge is 2.15. The molecule has 2 rings (SSSR count). The van der Waals surface area contributed by atoms with E-state index in [0.29, 0.717) is 13.0 Å². The second-order valence-corrected chi connectivity index (χ2v) is 6.13. The first-order valence-electron chi connectivity index (χ1n) is 7.51. The Labute approximate surface area is 136 Å². The molecule has 1 aromatic carbocycles. The van der Waals surface area contributed by atoms with Crippen molar-refractivity contribution in [2.45, 2.75) is 32.8 Å². The molecule has 1 aromatic heterocycles.